The topological polar surface area (TPSA) is 36.1 Å². The SMILES string of the molecule is S=C(NNP(=[Te])(c1ccccc1)c1ccccc1)NP(=[Se])(c1ccccc1)c1ccccc1. The Labute approximate surface area is 220 Å². The standard InChI is InChI=1S/C25H23N3P2SSeTe/c31-25(27-29(32,21-13-5-1-6-14-21)22-15-7-2-8-16-22)26-28-30(33,23-17-9-3-10-18-23)24-19-11-4-12-20-24/h1-20H,(H,28,33)(H2,26,27,31,32). The van der Waals surface area contributed by atoms with Crippen molar-refractivity contribution >= 4 is 85.2 Å². The number of hydrazine groups is 1. The molecule has 4 aromatic rings. The molecule has 3 nitrogen and oxygen atoms in total. The molecular weight excluding hydrogens is 643 g/mol. The zero-order valence-electron chi connectivity index (χ0n) is 17.7. The van der Waals surface area contributed by atoms with E-state index in [4.69, 9.17) is 12.2 Å². The Morgan fingerprint density at radius 3 is 1.30 bits per heavy atom. The van der Waals surface area contributed by atoms with Gasteiger partial charge in [-0.05, 0) is 0 Å². The van der Waals surface area contributed by atoms with Crippen LogP contribution in [0.25, 0.3) is 0 Å². The third-order valence-corrected chi connectivity index (χ3v) is 18.1. The van der Waals surface area contributed by atoms with Crippen LogP contribution in [0.2, 0.25) is 0 Å². The summed E-state index contributed by atoms with van der Waals surface area (Å²) in [6.45, 7) is 0. The second-order valence-corrected chi connectivity index (χ2v) is 20.7. The zero-order valence-corrected chi connectivity index (χ0v) is 24.3. The fourth-order valence-electron chi connectivity index (χ4n) is 3.41. The third-order valence-electron chi connectivity index (χ3n) is 5.07. The first-order valence-corrected chi connectivity index (χ1v) is 19.6. The molecule has 0 radical (unpaired) electrons. The van der Waals surface area contributed by atoms with E-state index in [-0.39, 0.29) is 0 Å². The Morgan fingerprint density at radius 1 is 0.606 bits per heavy atom. The summed E-state index contributed by atoms with van der Waals surface area (Å²) in [5.41, 5.74) is 1.28. The summed E-state index contributed by atoms with van der Waals surface area (Å²) in [6.07, 6.45) is 0. The van der Waals surface area contributed by atoms with Crippen LogP contribution in [0.5, 0.6) is 0 Å². The first-order valence-electron chi connectivity index (χ1n) is 10.3. The first-order chi connectivity index (χ1) is 16.0. The molecule has 0 bridgehead atoms. The number of nitrogens with one attached hydrogen (secondary N) is 3. The maximum absolute atomic E-state index is 5.81. The Balaban J connectivity index is 1.61. The van der Waals surface area contributed by atoms with Crippen LogP contribution in [0.15, 0.2) is 121 Å². The normalized spacial score (nSPS) is 11.5. The molecule has 0 aliphatic heterocycles. The van der Waals surface area contributed by atoms with Crippen molar-refractivity contribution in [2.75, 3.05) is 0 Å². The molecule has 0 atom stereocenters. The molecule has 8 heteroatoms. The summed E-state index contributed by atoms with van der Waals surface area (Å²) in [6, 6.07) is 42.0. The molecule has 0 aromatic heterocycles. The van der Waals surface area contributed by atoms with Crippen molar-refractivity contribution in [2.45, 2.75) is 0 Å². The van der Waals surface area contributed by atoms with E-state index in [2.05, 4.69) is 149 Å². The van der Waals surface area contributed by atoms with Crippen molar-refractivity contribution in [3.05, 3.63) is 121 Å². The molecule has 0 saturated carbocycles. The van der Waals surface area contributed by atoms with E-state index in [1.165, 1.54) is 21.2 Å². The van der Waals surface area contributed by atoms with Gasteiger partial charge in [-0.3, -0.25) is 0 Å². The molecule has 3 N–H and O–H groups in total. The number of thiocarbonyl (C=S) groups is 1. The van der Waals surface area contributed by atoms with Gasteiger partial charge in [0.05, 0.1) is 0 Å². The molecule has 0 amide bonds. The van der Waals surface area contributed by atoms with Crippen LogP contribution in [0, 0.1) is 0 Å². The Bertz CT molecular complexity index is 1220. The van der Waals surface area contributed by atoms with Crippen molar-refractivity contribution in [3.8, 4) is 0 Å². The monoisotopic (exact) mass is 669 g/mol. The summed E-state index contributed by atoms with van der Waals surface area (Å²) in [4.78, 5) is 0. The molecule has 0 unspecified atom stereocenters. The predicted octanol–water partition coefficient (Wildman–Crippen LogP) is 3.29. The maximum atomic E-state index is 5.81. The van der Waals surface area contributed by atoms with Gasteiger partial charge in [0.15, 0.2) is 0 Å². The van der Waals surface area contributed by atoms with Gasteiger partial charge in [0, 0.05) is 0 Å². The van der Waals surface area contributed by atoms with Gasteiger partial charge in [0.1, 0.15) is 0 Å². The van der Waals surface area contributed by atoms with E-state index in [9.17, 15) is 0 Å². The summed E-state index contributed by atoms with van der Waals surface area (Å²) in [5, 5.41) is 12.7. The molecule has 0 fully saturated rings. The molecule has 4 rings (SSSR count). The van der Waals surface area contributed by atoms with E-state index < -0.39 is 10.3 Å². The fraction of sp³-hybridized carbons (Fsp3) is 0. The first kappa shape index (κ1) is 24.8. The van der Waals surface area contributed by atoms with Crippen molar-refractivity contribution in [1.82, 2.24) is 15.7 Å². The van der Waals surface area contributed by atoms with Crippen molar-refractivity contribution < 1.29 is 0 Å². The van der Waals surface area contributed by atoms with Crippen LogP contribution in [0.1, 0.15) is 0 Å². The molecule has 0 aliphatic carbocycles. The number of rotatable bonds is 7. The van der Waals surface area contributed by atoms with Crippen molar-refractivity contribution in [1.29, 1.82) is 0 Å². The number of benzene rings is 4. The predicted molar refractivity (Wildman–Crippen MR) is 152 cm³/mol. The van der Waals surface area contributed by atoms with Crippen LogP contribution in [-0.4, -0.2) is 41.4 Å². The summed E-state index contributed by atoms with van der Waals surface area (Å²) >= 11 is 11.5. The fourth-order valence-corrected chi connectivity index (χ4v) is 13.0. The average Bonchev–Trinajstić information content (AvgIpc) is 2.89. The second kappa shape index (κ2) is 11.4. The van der Waals surface area contributed by atoms with E-state index in [1.54, 1.807) is 0 Å². The molecule has 0 heterocycles. The molecule has 33 heavy (non-hydrogen) atoms. The number of hydrogen-bond donors (Lipinski definition) is 3. The zero-order chi connectivity index (χ0) is 23.2. The molecule has 4 aromatic carbocycles. The van der Waals surface area contributed by atoms with E-state index in [1.807, 2.05) is 24.3 Å². The summed E-state index contributed by atoms with van der Waals surface area (Å²) in [7, 11) is 0. The van der Waals surface area contributed by atoms with Gasteiger partial charge in [0.25, 0.3) is 0 Å². The Hall–Kier alpha value is -1.30. The van der Waals surface area contributed by atoms with Gasteiger partial charge in [-0.1, -0.05) is 0 Å². The summed E-state index contributed by atoms with van der Waals surface area (Å²) < 4.78 is -1.91. The minimum absolute atomic E-state index is 0.564. The molecule has 0 spiro atoms. The number of hydrogen-bond acceptors (Lipinski definition) is 2. The van der Waals surface area contributed by atoms with Gasteiger partial charge in [-0.2, -0.15) is 0 Å². The van der Waals surface area contributed by atoms with Gasteiger partial charge >= 0.3 is 222 Å². The van der Waals surface area contributed by atoms with Crippen LogP contribution in [0.3, 0.4) is 0 Å². The van der Waals surface area contributed by atoms with Gasteiger partial charge in [0.2, 0.25) is 0 Å². The van der Waals surface area contributed by atoms with Gasteiger partial charge < -0.3 is 0 Å². The van der Waals surface area contributed by atoms with E-state index >= 15 is 0 Å². The van der Waals surface area contributed by atoms with Crippen LogP contribution in [0.4, 0.5) is 0 Å². The van der Waals surface area contributed by atoms with Crippen LogP contribution in [-0.2, 0) is 0 Å². The Morgan fingerprint density at radius 2 is 0.939 bits per heavy atom. The van der Waals surface area contributed by atoms with Crippen molar-refractivity contribution in [3.63, 3.8) is 0 Å². The van der Waals surface area contributed by atoms with Crippen LogP contribution >= 0.6 is 22.5 Å². The minimum atomic E-state index is -2.06. The van der Waals surface area contributed by atoms with Crippen LogP contribution < -0.4 is 36.9 Å². The second-order valence-electron chi connectivity index (χ2n) is 7.24. The molecule has 0 aliphatic rings. The average molecular weight is 666 g/mol. The van der Waals surface area contributed by atoms with E-state index in [0.717, 1.165) is 0 Å². The summed E-state index contributed by atoms with van der Waals surface area (Å²) in [5.74, 6) is 0. The van der Waals surface area contributed by atoms with Gasteiger partial charge in [-0.25, -0.2) is 0 Å². The van der Waals surface area contributed by atoms with E-state index in [0.29, 0.717) is 5.11 Å². The molecule has 166 valence electrons. The molecule has 0 saturated heterocycles. The Kier molecular flexibility index (Phi) is 8.58. The third kappa shape index (κ3) is 5.86. The van der Waals surface area contributed by atoms with Crippen molar-refractivity contribution in [2.24, 2.45) is 0 Å². The quantitative estimate of drug-likeness (QED) is 0.123. The van der Waals surface area contributed by atoms with Gasteiger partial charge in [-0.15, -0.1) is 0 Å². The molecular formula is C25H23N3P2SSeTe.